The van der Waals surface area contributed by atoms with E-state index in [1.165, 1.54) is 0 Å². The molecule has 1 aliphatic rings. The number of carboxylic acid groups (broad SMARTS) is 1. The van der Waals surface area contributed by atoms with E-state index in [1.54, 1.807) is 24.3 Å². The first kappa shape index (κ1) is 15.0. The number of carboxylic acids is 1. The molecule has 0 aromatic heterocycles. The molecule has 1 atom stereocenters. The lowest BCUT2D eigenvalue weighted by atomic mass is 9.95. The Morgan fingerprint density at radius 2 is 1.43 bits per heavy atom. The van der Waals surface area contributed by atoms with Gasteiger partial charge >= 0.3 is 5.97 Å². The predicted octanol–water partition coefficient (Wildman–Crippen LogP) is 2.54. The van der Waals surface area contributed by atoms with Crippen LogP contribution in [0.15, 0.2) is 54.6 Å². The van der Waals surface area contributed by atoms with Crippen molar-refractivity contribution in [1.82, 2.24) is 4.90 Å². The minimum Gasteiger partial charge on any atom is -0.481 e. The number of rotatable bonds is 5. The van der Waals surface area contributed by atoms with Crippen molar-refractivity contribution in [2.75, 3.05) is 6.54 Å². The van der Waals surface area contributed by atoms with E-state index in [0.717, 1.165) is 10.5 Å². The van der Waals surface area contributed by atoms with E-state index in [9.17, 15) is 14.4 Å². The summed E-state index contributed by atoms with van der Waals surface area (Å²) < 4.78 is 0. The van der Waals surface area contributed by atoms with Gasteiger partial charge in [0.15, 0.2) is 0 Å². The van der Waals surface area contributed by atoms with Gasteiger partial charge in [-0.25, -0.2) is 0 Å². The van der Waals surface area contributed by atoms with Crippen LogP contribution in [-0.2, 0) is 4.79 Å². The van der Waals surface area contributed by atoms with Crippen LogP contribution in [0.25, 0.3) is 0 Å². The summed E-state index contributed by atoms with van der Waals surface area (Å²) in [5, 5.41) is 9.14. The van der Waals surface area contributed by atoms with Crippen molar-refractivity contribution in [2.24, 2.45) is 0 Å². The smallest absolute Gasteiger partial charge is 0.304 e. The molecule has 2 aromatic rings. The molecule has 116 valence electrons. The average Bonchev–Trinajstić information content (AvgIpc) is 2.80. The number of benzene rings is 2. The Morgan fingerprint density at radius 3 is 1.96 bits per heavy atom. The Bertz CT molecular complexity index is 735. The molecule has 2 aromatic carbocycles. The molecular formula is C18H15NO4. The van der Waals surface area contributed by atoms with Crippen LogP contribution in [0.1, 0.15) is 38.6 Å². The number of carbonyl (C=O) groups is 3. The van der Waals surface area contributed by atoms with Gasteiger partial charge in [0.1, 0.15) is 0 Å². The van der Waals surface area contributed by atoms with E-state index in [1.807, 2.05) is 30.3 Å². The van der Waals surface area contributed by atoms with Crippen LogP contribution in [0.3, 0.4) is 0 Å². The first-order valence-corrected chi connectivity index (χ1v) is 7.30. The standard InChI is InChI=1S/C18H15NO4/c20-16(21)10-13(12-6-2-1-3-7-12)11-19-17(22)14-8-4-5-9-15(14)18(19)23/h1-9,13H,10-11H2,(H,20,21)/t13-/m1/s1. The molecule has 1 aliphatic heterocycles. The van der Waals surface area contributed by atoms with E-state index in [4.69, 9.17) is 5.11 Å². The van der Waals surface area contributed by atoms with E-state index in [-0.39, 0.29) is 24.8 Å². The van der Waals surface area contributed by atoms with Crippen LogP contribution >= 0.6 is 0 Å². The second-order valence-corrected chi connectivity index (χ2v) is 5.47. The molecule has 23 heavy (non-hydrogen) atoms. The van der Waals surface area contributed by atoms with Gasteiger partial charge in [-0.1, -0.05) is 42.5 Å². The van der Waals surface area contributed by atoms with Crippen LogP contribution in [0.2, 0.25) is 0 Å². The van der Waals surface area contributed by atoms with Gasteiger partial charge in [-0.05, 0) is 17.7 Å². The fourth-order valence-corrected chi connectivity index (χ4v) is 2.85. The molecule has 0 bridgehead atoms. The van der Waals surface area contributed by atoms with Crippen LogP contribution in [0.5, 0.6) is 0 Å². The second-order valence-electron chi connectivity index (χ2n) is 5.47. The number of fused-ring (bicyclic) bond motifs is 1. The largest absolute Gasteiger partial charge is 0.481 e. The van der Waals surface area contributed by atoms with Crippen molar-refractivity contribution in [2.45, 2.75) is 12.3 Å². The highest BCUT2D eigenvalue weighted by Gasteiger charge is 2.36. The SMILES string of the molecule is O=C(O)C[C@H](CN1C(=O)c2ccccc2C1=O)c1ccccc1. The van der Waals surface area contributed by atoms with Crippen molar-refractivity contribution in [1.29, 1.82) is 0 Å². The maximum absolute atomic E-state index is 12.4. The normalized spacial score (nSPS) is 14.7. The molecule has 0 spiro atoms. The minimum absolute atomic E-state index is 0.0582. The van der Waals surface area contributed by atoms with Gasteiger partial charge < -0.3 is 5.11 Å². The van der Waals surface area contributed by atoms with E-state index >= 15 is 0 Å². The molecular weight excluding hydrogens is 294 g/mol. The molecule has 0 aliphatic carbocycles. The summed E-state index contributed by atoms with van der Waals surface area (Å²) in [6.07, 6.45) is -0.141. The molecule has 1 N–H and O–H groups in total. The molecule has 3 rings (SSSR count). The molecule has 0 fully saturated rings. The molecule has 0 saturated heterocycles. The van der Waals surface area contributed by atoms with Gasteiger partial charge in [-0.3, -0.25) is 19.3 Å². The zero-order valence-electron chi connectivity index (χ0n) is 12.3. The molecule has 5 nitrogen and oxygen atoms in total. The number of nitrogens with zero attached hydrogens (tertiary/aromatic N) is 1. The van der Waals surface area contributed by atoms with E-state index in [0.29, 0.717) is 11.1 Å². The predicted molar refractivity (Wildman–Crippen MR) is 83.2 cm³/mol. The van der Waals surface area contributed by atoms with Crippen molar-refractivity contribution in [3.8, 4) is 0 Å². The zero-order chi connectivity index (χ0) is 16.4. The molecule has 0 unspecified atom stereocenters. The Morgan fingerprint density at radius 1 is 0.913 bits per heavy atom. The number of imide groups is 1. The number of aliphatic carboxylic acids is 1. The molecule has 0 saturated carbocycles. The van der Waals surface area contributed by atoms with Gasteiger partial charge in [0.25, 0.3) is 11.8 Å². The minimum atomic E-state index is -0.963. The zero-order valence-corrected chi connectivity index (χ0v) is 12.3. The van der Waals surface area contributed by atoms with Crippen molar-refractivity contribution in [3.63, 3.8) is 0 Å². The van der Waals surface area contributed by atoms with E-state index < -0.39 is 11.9 Å². The van der Waals surface area contributed by atoms with Crippen molar-refractivity contribution >= 4 is 17.8 Å². The maximum atomic E-state index is 12.4. The monoisotopic (exact) mass is 309 g/mol. The van der Waals surface area contributed by atoms with Crippen LogP contribution in [0.4, 0.5) is 0 Å². The summed E-state index contributed by atoms with van der Waals surface area (Å²) in [7, 11) is 0. The maximum Gasteiger partial charge on any atom is 0.304 e. The highest BCUT2D eigenvalue weighted by molar-refractivity contribution is 6.21. The van der Waals surface area contributed by atoms with Gasteiger partial charge in [0.2, 0.25) is 0 Å². The van der Waals surface area contributed by atoms with E-state index in [2.05, 4.69) is 0 Å². The molecule has 5 heteroatoms. The first-order valence-electron chi connectivity index (χ1n) is 7.30. The third-order valence-corrected chi connectivity index (χ3v) is 3.97. The fraction of sp³-hybridized carbons (Fsp3) is 0.167. The summed E-state index contributed by atoms with van der Waals surface area (Å²) in [4.78, 5) is 37.1. The number of hydrogen-bond acceptors (Lipinski definition) is 3. The first-order chi connectivity index (χ1) is 11.1. The number of amides is 2. The highest BCUT2D eigenvalue weighted by atomic mass is 16.4. The third-order valence-electron chi connectivity index (χ3n) is 3.97. The quantitative estimate of drug-likeness (QED) is 0.861. The van der Waals surface area contributed by atoms with Crippen molar-refractivity contribution < 1.29 is 19.5 Å². The number of hydrogen-bond donors (Lipinski definition) is 1. The van der Waals surface area contributed by atoms with Crippen LogP contribution in [0, 0.1) is 0 Å². The lowest BCUT2D eigenvalue weighted by Crippen LogP contribution is -2.34. The summed E-state index contributed by atoms with van der Waals surface area (Å²) in [6.45, 7) is 0.0582. The Labute approximate surface area is 133 Å². The average molecular weight is 309 g/mol. The van der Waals surface area contributed by atoms with Crippen LogP contribution < -0.4 is 0 Å². The number of carbonyl (C=O) groups excluding carboxylic acids is 2. The summed E-state index contributed by atoms with van der Waals surface area (Å²) >= 11 is 0. The Kier molecular flexibility index (Phi) is 3.93. The lowest BCUT2D eigenvalue weighted by molar-refractivity contribution is -0.137. The van der Waals surface area contributed by atoms with Gasteiger partial charge in [-0.2, -0.15) is 0 Å². The summed E-state index contributed by atoms with van der Waals surface area (Å²) in [6, 6.07) is 15.7. The Hall–Kier alpha value is -2.95. The molecule has 0 radical (unpaired) electrons. The second kappa shape index (κ2) is 6.04. The van der Waals surface area contributed by atoms with Gasteiger partial charge in [0, 0.05) is 12.5 Å². The van der Waals surface area contributed by atoms with Crippen LogP contribution in [-0.4, -0.2) is 34.3 Å². The third kappa shape index (κ3) is 2.85. The topological polar surface area (TPSA) is 74.7 Å². The lowest BCUT2D eigenvalue weighted by Gasteiger charge is -2.21. The fourth-order valence-electron chi connectivity index (χ4n) is 2.85. The van der Waals surface area contributed by atoms with Gasteiger partial charge in [-0.15, -0.1) is 0 Å². The van der Waals surface area contributed by atoms with Gasteiger partial charge in [0.05, 0.1) is 17.5 Å². The molecule has 2 amide bonds. The van der Waals surface area contributed by atoms with Crippen molar-refractivity contribution in [3.05, 3.63) is 71.3 Å². The molecule has 1 heterocycles. The summed E-state index contributed by atoms with van der Waals surface area (Å²) in [5.41, 5.74) is 1.55. The highest BCUT2D eigenvalue weighted by Crippen LogP contribution is 2.27. The Balaban J connectivity index is 1.88. The summed E-state index contributed by atoms with van der Waals surface area (Å²) in [5.74, 6) is -2.12.